The van der Waals surface area contributed by atoms with Crippen molar-refractivity contribution in [1.82, 2.24) is 19.7 Å². The van der Waals surface area contributed by atoms with Crippen LogP contribution in [0.1, 0.15) is 11.3 Å². The molecule has 3 aromatic heterocycles. The van der Waals surface area contributed by atoms with Crippen LogP contribution in [0.25, 0.3) is 20.7 Å². The number of halogens is 3. The Labute approximate surface area is 177 Å². The molecule has 4 aromatic rings. The number of fused-ring (bicyclic) bond motifs is 5. The van der Waals surface area contributed by atoms with Gasteiger partial charge in [-0.25, -0.2) is 14.4 Å². The molecule has 142 valence electrons. The summed E-state index contributed by atoms with van der Waals surface area (Å²) >= 11 is 11.1. The van der Waals surface area contributed by atoms with Crippen molar-refractivity contribution in [2.45, 2.75) is 19.4 Å². The fourth-order valence-electron chi connectivity index (χ4n) is 3.53. The maximum atomic E-state index is 13.5. The van der Waals surface area contributed by atoms with Crippen molar-refractivity contribution in [1.29, 1.82) is 0 Å². The monoisotopic (exact) mass is 477 g/mol. The first-order valence-corrected chi connectivity index (χ1v) is 11.1. The van der Waals surface area contributed by atoms with Gasteiger partial charge in [-0.3, -0.25) is 4.68 Å². The van der Waals surface area contributed by atoms with E-state index in [9.17, 15) is 4.39 Å². The summed E-state index contributed by atoms with van der Waals surface area (Å²) in [5, 5.41) is 9.95. The second-order valence-corrected chi connectivity index (χ2v) is 8.71. The van der Waals surface area contributed by atoms with Crippen molar-refractivity contribution in [3.05, 3.63) is 52.8 Å². The fourth-order valence-corrected chi connectivity index (χ4v) is 5.30. The number of nitrogens with one attached hydrogen (secondary N) is 1. The van der Waals surface area contributed by atoms with E-state index in [1.807, 2.05) is 4.68 Å². The summed E-state index contributed by atoms with van der Waals surface area (Å²) in [6, 6.07) is 4.55. The molecule has 0 bridgehead atoms. The molecule has 0 aliphatic heterocycles. The van der Waals surface area contributed by atoms with E-state index in [1.165, 1.54) is 22.1 Å². The van der Waals surface area contributed by atoms with Crippen LogP contribution in [0.5, 0.6) is 0 Å². The summed E-state index contributed by atoms with van der Waals surface area (Å²) in [6.45, 7) is 0.838. The number of aryl methyl sites for hydroxylation is 3. The normalized spacial score (nSPS) is 12.8. The third kappa shape index (κ3) is 3.00. The molecule has 0 amide bonds. The Balaban J connectivity index is 1.61. The van der Waals surface area contributed by atoms with Crippen LogP contribution in [0, 0.1) is 5.82 Å². The molecule has 9 heteroatoms. The van der Waals surface area contributed by atoms with E-state index in [-0.39, 0.29) is 5.02 Å². The summed E-state index contributed by atoms with van der Waals surface area (Å²) in [6.07, 6.45) is 5.44. The van der Waals surface area contributed by atoms with Gasteiger partial charge in [-0.05, 0) is 36.6 Å². The largest absolute Gasteiger partial charge is 0.340 e. The van der Waals surface area contributed by atoms with E-state index in [4.69, 9.17) is 16.7 Å². The van der Waals surface area contributed by atoms with E-state index in [1.54, 1.807) is 29.8 Å². The maximum Gasteiger partial charge on any atom is 0.142 e. The van der Waals surface area contributed by atoms with Crippen molar-refractivity contribution in [2.24, 2.45) is 0 Å². The Morgan fingerprint density at radius 2 is 2.18 bits per heavy atom. The van der Waals surface area contributed by atoms with E-state index in [0.717, 1.165) is 40.6 Å². The number of hydrogen-bond acceptors (Lipinski definition) is 5. The van der Waals surface area contributed by atoms with Gasteiger partial charge in [0.1, 0.15) is 22.8 Å². The summed E-state index contributed by atoms with van der Waals surface area (Å²) in [5.41, 5.74) is 4.24. The zero-order chi connectivity index (χ0) is 19.3. The first-order chi connectivity index (χ1) is 13.6. The second kappa shape index (κ2) is 7.09. The number of anilines is 2. The molecule has 0 saturated carbocycles. The molecule has 0 spiro atoms. The van der Waals surface area contributed by atoms with Crippen LogP contribution >= 0.6 is 38.9 Å². The number of aromatic nitrogens is 4. The van der Waals surface area contributed by atoms with Crippen LogP contribution in [-0.2, 0) is 19.4 Å². The predicted octanol–water partition coefficient (Wildman–Crippen LogP) is 5.58. The van der Waals surface area contributed by atoms with Crippen LogP contribution < -0.4 is 5.32 Å². The van der Waals surface area contributed by atoms with Gasteiger partial charge in [0.15, 0.2) is 0 Å². The van der Waals surface area contributed by atoms with Gasteiger partial charge in [0, 0.05) is 27.7 Å². The molecule has 1 aromatic carbocycles. The van der Waals surface area contributed by atoms with Gasteiger partial charge in [-0.2, -0.15) is 5.10 Å². The van der Waals surface area contributed by atoms with E-state index in [0.29, 0.717) is 11.5 Å². The highest BCUT2D eigenvalue weighted by molar-refractivity contribution is 9.09. The molecule has 0 saturated heterocycles. The number of benzene rings is 1. The Morgan fingerprint density at radius 3 is 3.00 bits per heavy atom. The lowest BCUT2D eigenvalue weighted by Gasteiger charge is -2.12. The van der Waals surface area contributed by atoms with Crippen LogP contribution in [-0.4, -0.2) is 25.1 Å². The van der Waals surface area contributed by atoms with Gasteiger partial charge >= 0.3 is 0 Å². The van der Waals surface area contributed by atoms with Gasteiger partial charge in [0.05, 0.1) is 22.6 Å². The highest BCUT2D eigenvalue weighted by Crippen LogP contribution is 2.45. The van der Waals surface area contributed by atoms with Crippen LogP contribution in [0.4, 0.5) is 15.9 Å². The predicted molar refractivity (Wildman–Crippen MR) is 115 cm³/mol. The maximum absolute atomic E-state index is 13.5. The van der Waals surface area contributed by atoms with Gasteiger partial charge in [-0.1, -0.05) is 27.5 Å². The zero-order valence-corrected chi connectivity index (χ0v) is 17.7. The van der Waals surface area contributed by atoms with Crippen LogP contribution in [0.3, 0.4) is 0 Å². The summed E-state index contributed by atoms with van der Waals surface area (Å²) < 4.78 is 15.5. The average molecular weight is 479 g/mol. The molecular formula is C19H14BrClFN5S. The quantitative estimate of drug-likeness (QED) is 0.389. The molecule has 0 radical (unpaired) electrons. The fraction of sp³-hybridized carbons (Fsp3) is 0.211. The number of thiophene rings is 1. The van der Waals surface area contributed by atoms with Crippen molar-refractivity contribution >= 4 is 60.6 Å². The second-order valence-electron chi connectivity index (χ2n) is 6.51. The minimum atomic E-state index is -0.444. The third-order valence-corrected chi connectivity index (χ3v) is 6.60. The highest BCUT2D eigenvalue weighted by atomic mass is 79.9. The third-order valence-electron chi connectivity index (χ3n) is 4.78. The summed E-state index contributed by atoms with van der Waals surface area (Å²) in [5.74, 6) is 0.266. The Morgan fingerprint density at radius 1 is 1.29 bits per heavy atom. The number of alkyl halides is 1. The molecule has 5 nitrogen and oxygen atoms in total. The molecule has 3 heterocycles. The molecular weight excluding hydrogens is 465 g/mol. The standard InChI is InChI=1S/C19H14BrClFN5S/c20-5-6-27-8-12-15(26-27)4-2-11-16-18(23-9-24-19(16)28-17(11)12)25-10-1-3-14(22)13(21)7-10/h1,3,7-9H,2,4-6H2,(H,23,24,25). The van der Waals surface area contributed by atoms with E-state index < -0.39 is 5.82 Å². The lowest BCUT2D eigenvalue weighted by Crippen LogP contribution is -2.03. The van der Waals surface area contributed by atoms with Crippen molar-refractivity contribution in [3.63, 3.8) is 0 Å². The number of nitrogens with zero attached hydrogens (tertiary/aromatic N) is 4. The molecule has 0 unspecified atom stereocenters. The van der Waals surface area contributed by atoms with Gasteiger partial charge in [0.25, 0.3) is 0 Å². The molecule has 0 fully saturated rings. The minimum Gasteiger partial charge on any atom is -0.340 e. The first kappa shape index (κ1) is 18.0. The molecule has 1 aliphatic carbocycles. The van der Waals surface area contributed by atoms with E-state index in [2.05, 4.69) is 37.4 Å². The van der Waals surface area contributed by atoms with Crippen molar-refractivity contribution in [3.8, 4) is 10.4 Å². The molecule has 5 rings (SSSR count). The van der Waals surface area contributed by atoms with Crippen LogP contribution in [0.2, 0.25) is 5.02 Å². The minimum absolute atomic E-state index is 0.0755. The van der Waals surface area contributed by atoms with Crippen molar-refractivity contribution < 1.29 is 4.39 Å². The summed E-state index contributed by atoms with van der Waals surface area (Å²) in [4.78, 5) is 11.1. The first-order valence-electron chi connectivity index (χ1n) is 8.75. The van der Waals surface area contributed by atoms with E-state index >= 15 is 0 Å². The van der Waals surface area contributed by atoms with Gasteiger partial charge in [0.2, 0.25) is 0 Å². The van der Waals surface area contributed by atoms with Crippen LogP contribution in [0.15, 0.2) is 30.7 Å². The molecule has 28 heavy (non-hydrogen) atoms. The Bertz CT molecular complexity index is 1200. The zero-order valence-electron chi connectivity index (χ0n) is 14.5. The average Bonchev–Trinajstić information content (AvgIpc) is 3.26. The Kier molecular flexibility index (Phi) is 4.57. The lowest BCUT2D eigenvalue weighted by atomic mass is 9.95. The topological polar surface area (TPSA) is 55.6 Å². The highest BCUT2D eigenvalue weighted by Gasteiger charge is 2.26. The van der Waals surface area contributed by atoms with Gasteiger partial charge in [-0.15, -0.1) is 11.3 Å². The molecule has 1 N–H and O–H groups in total. The summed E-state index contributed by atoms with van der Waals surface area (Å²) in [7, 11) is 0. The molecule has 1 aliphatic rings. The molecule has 0 atom stereocenters. The number of rotatable bonds is 4. The smallest absolute Gasteiger partial charge is 0.142 e. The number of hydrogen-bond donors (Lipinski definition) is 1. The lowest BCUT2D eigenvalue weighted by molar-refractivity contribution is 0.628. The van der Waals surface area contributed by atoms with Gasteiger partial charge < -0.3 is 5.32 Å². The Hall–Kier alpha value is -2.03. The SMILES string of the molecule is Fc1ccc(Nc2ncnc3sc4c(c23)CCc2nn(CCBr)cc2-4)cc1Cl. The van der Waals surface area contributed by atoms with Crippen molar-refractivity contribution in [2.75, 3.05) is 10.6 Å².